The first kappa shape index (κ1) is 38.4. The third-order valence-electron chi connectivity index (χ3n) is 13.0. The minimum Gasteiger partial charge on any atom is -0.355 e. The summed E-state index contributed by atoms with van der Waals surface area (Å²) in [5.74, 6) is 0. The van der Waals surface area contributed by atoms with Crippen molar-refractivity contribution in [2.24, 2.45) is 0 Å². The van der Waals surface area contributed by atoms with Gasteiger partial charge in [-0.2, -0.15) is 0 Å². The smallest absolute Gasteiger partial charge is 0.0541 e. The fraction of sp³-hybridized carbons (Fsp3) is 0. The third-order valence-corrected chi connectivity index (χ3v) is 13.0. The van der Waals surface area contributed by atoms with Gasteiger partial charge in [-0.1, -0.05) is 146 Å². The summed E-state index contributed by atoms with van der Waals surface area (Å²) < 4.78 is 4.88. The van der Waals surface area contributed by atoms with Crippen LogP contribution in [0.5, 0.6) is 0 Å². The SMILES string of the molecule is [B][B].c1ccc(-c2ccc3c(c2)c2cc(-c4ccccc4)ccc2n3-c2ccc3[nH]c4ccc(-n5c6ccc(-c7ccccc7)cc6c6cc(-c7ccccc7)ccc65)cc4c3c2)cc1. The first-order valence-corrected chi connectivity index (χ1v) is 22.0. The zero-order chi connectivity index (χ0) is 43.4. The Morgan fingerprint density at radius 2 is 0.523 bits per heavy atom. The Kier molecular flexibility index (Phi) is 9.35. The Balaban J connectivity index is 0.00000219. The highest BCUT2D eigenvalue weighted by Gasteiger charge is 2.19. The van der Waals surface area contributed by atoms with Crippen LogP contribution in [0.25, 0.3) is 121 Å². The van der Waals surface area contributed by atoms with Gasteiger partial charge in [-0.05, 0) is 129 Å². The summed E-state index contributed by atoms with van der Waals surface area (Å²) in [4.78, 5) is 3.76. The van der Waals surface area contributed by atoms with Crippen molar-refractivity contribution in [3.63, 3.8) is 0 Å². The molecule has 300 valence electrons. The average Bonchev–Trinajstić information content (AvgIpc) is 4.04. The lowest BCUT2D eigenvalue weighted by atomic mass is 9.81. The molecule has 13 rings (SSSR count). The van der Waals surface area contributed by atoms with Crippen LogP contribution in [0.1, 0.15) is 0 Å². The van der Waals surface area contributed by atoms with Gasteiger partial charge < -0.3 is 14.1 Å². The Morgan fingerprint density at radius 1 is 0.246 bits per heavy atom. The molecule has 3 aromatic heterocycles. The molecule has 3 nitrogen and oxygen atoms in total. The summed E-state index contributed by atoms with van der Waals surface area (Å²) >= 11 is 0. The highest BCUT2D eigenvalue weighted by Crippen LogP contribution is 2.41. The van der Waals surface area contributed by atoms with Gasteiger partial charge in [0.15, 0.2) is 0 Å². The minimum absolute atomic E-state index is 1.12. The van der Waals surface area contributed by atoms with Gasteiger partial charge in [0.2, 0.25) is 0 Å². The normalized spacial score (nSPS) is 11.5. The summed E-state index contributed by atoms with van der Waals surface area (Å²) in [5.41, 5.74) is 18.9. The quantitative estimate of drug-likeness (QED) is 0.162. The number of nitrogens with zero attached hydrogens (tertiary/aromatic N) is 2. The van der Waals surface area contributed by atoms with Gasteiger partial charge in [0.05, 0.1) is 22.1 Å². The van der Waals surface area contributed by atoms with Crippen molar-refractivity contribution in [1.82, 2.24) is 14.1 Å². The van der Waals surface area contributed by atoms with Crippen molar-refractivity contribution in [3.8, 4) is 55.9 Å². The fourth-order valence-corrected chi connectivity index (χ4v) is 9.99. The van der Waals surface area contributed by atoms with Crippen LogP contribution in [0.15, 0.2) is 231 Å². The number of hydrogen-bond acceptors (Lipinski definition) is 0. The number of fused-ring (bicyclic) bond motifs is 9. The topological polar surface area (TPSA) is 25.6 Å². The lowest BCUT2D eigenvalue weighted by Crippen LogP contribution is -1.94. The van der Waals surface area contributed by atoms with E-state index < -0.39 is 0 Å². The number of aromatic nitrogens is 3. The van der Waals surface area contributed by atoms with Gasteiger partial charge in [0.1, 0.15) is 0 Å². The molecule has 65 heavy (non-hydrogen) atoms. The molecule has 1 N–H and O–H groups in total. The van der Waals surface area contributed by atoms with Crippen LogP contribution in [0.2, 0.25) is 0 Å². The molecule has 0 aliphatic heterocycles. The van der Waals surface area contributed by atoms with Crippen LogP contribution < -0.4 is 0 Å². The summed E-state index contributed by atoms with van der Waals surface area (Å²) in [6.45, 7) is 0. The standard InChI is InChI=1S/C60H39N3.B2/c1-5-13-39(14-6-1)43-21-29-57-51(33-43)52-34-44(40-15-7-2-8-16-40)22-30-58(52)62(57)47-25-27-55-49(37-47)50-38-48(26-28-56(50)61-55)63-59-31-23-45(41-17-9-3-10-18-41)35-53(59)54-36-46(24-32-60(54)63)42-19-11-4-12-20-42;1-2/h1-38,61H;. The van der Waals surface area contributed by atoms with Crippen LogP contribution >= 0.6 is 0 Å². The highest BCUT2D eigenvalue weighted by atomic mass is 15.0. The van der Waals surface area contributed by atoms with E-state index in [1.165, 1.54) is 98.9 Å². The molecule has 0 aliphatic carbocycles. The van der Waals surface area contributed by atoms with E-state index in [4.69, 9.17) is 0 Å². The lowest BCUT2D eigenvalue weighted by Gasteiger charge is -2.10. The van der Waals surface area contributed by atoms with Gasteiger partial charge in [-0.3, -0.25) is 0 Å². The van der Waals surface area contributed by atoms with E-state index in [0.29, 0.717) is 0 Å². The third kappa shape index (κ3) is 6.47. The van der Waals surface area contributed by atoms with Gasteiger partial charge in [0.25, 0.3) is 0 Å². The average molecular weight is 824 g/mol. The monoisotopic (exact) mass is 823 g/mol. The van der Waals surface area contributed by atoms with Crippen LogP contribution in [-0.2, 0) is 0 Å². The Labute approximate surface area is 379 Å². The van der Waals surface area contributed by atoms with Crippen molar-refractivity contribution in [2.45, 2.75) is 0 Å². The molecule has 4 radical (unpaired) electrons. The van der Waals surface area contributed by atoms with E-state index in [2.05, 4.69) is 260 Å². The van der Waals surface area contributed by atoms with Crippen molar-refractivity contribution in [3.05, 3.63) is 231 Å². The molecular weight excluding hydrogens is 784 g/mol. The molecule has 5 heteroatoms. The molecule has 0 unspecified atom stereocenters. The second-order valence-electron chi connectivity index (χ2n) is 16.6. The molecule has 13 aromatic rings. The summed E-state index contributed by atoms with van der Waals surface area (Å²) in [5, 5.41) is 7.34. The molecule has 0 fully saturated rings. The van der Waals surface area contributed by atoms with Crippen LogP contribution in [0, 0.1) is 0 Å². The van der Waals surface area contributed by atoms with Gasteiger partial charge in [0, 0.05) is 70.2 Å². The lowest BCUT2D eigenvalue weighted by molar-refractivity contribution is 1.18. The Hall–Kier alpha value is -8.27. The number of aromatic amines is 1. The van der Waals surface area contributed by atoms with E-state index in [-0.39, 0.29) is 0 Å². The van der Waals surface area contributed by atoms with E-state index in [1.54, 1.807) is 0 Å². The van der Waals surface area contributed by atoms with Crippen LogP contribution in [0.3, 0.4) is 0 Å². The molecular formula is C60H39B2N3. The number of rotatable bonds is 6. The zero-order valence-corrected chi connectivity index (χ0v) is 35.5. The second kappa shape index (κ2) is 15.8. The van der Waals surface area contributed by atoms with Crippen LogP contribution in [0.4, 0.5) is 0 Å². The zero-order valence-electron chi connectivity index (χ0n) is 35.5. The van der Waals surface area contributed by atoms with Gasteiger partial charge in [-0.25, -0.2) is 0 Å². The van der Waals surface area contributed by atoms with E-state index >= 15 is 0 Å². The molecule has 10 aromatic carbocycles. The van der Waals surface area contributed by atoms with E-state index in [9.17, 15) is 0 Å². The molecule has 0 saturated heterocycles. The molecule has 0 saturated carbocycles. The van der Waals surface area contributed by atoms with E-state index in [1.807, 2.05) is 0 Å². The molecule has 0 aliphatic rings. The molecule has 0 spiro atoms. The Morgan fingerprint density at radius 3 is 0.800 bits per heavy atom. The fourth-order valence-electron chi connectivity index (χ4n) is 9.99. The maximum Gasteiger partial charge on any atom is 0.0541 e. The predicted octanol–water partition coefficient (Wildman–Crippen LogP) is 15.4. The summed E-state index contributed by atoms with van der Waals surface area (Å²) in [6.07, 6.45) is 0. The summed E-state index contributed by atoms with van der Waals surface area (Å²) in [6, 6.07) is 84.2. The van der Waals surface area contributed by atoms with E-state index in [0.717, 1.165) is 22.4 Å². The van der Waals surface area contributed by atoms with Crippen molar-refractivity contribution >= 4 is 80.9 Å². The predicted molar refractivity (Wildman–Crippen MR) is 278 cm³/mol. The maximum absolute atomic E-state index is 4.00. The second-order valence-corrected chi connectivity index (χ2v) is 16.6. The Bertz CT molecular complexity index is 3440. The molecule has 0 amide bonds. The first-order valence-electron chi connectivity index (χ1n) is 22.0. The van der Waals surface area contributed by atoms with Crippen molar-refractivity contribution in [2.75, 3.05) is 0 Å². The minimum atomic E-state index is 1.12. The highest BCUT2D eigenvalue weighted by molar-refractivity contribution is 6.75. The maximum atomic E-state index is 4.00. The number of benzene rings is 10. The number of nitrogens with one attached hydrogen (secondary N) is 1. The largest absolute Gasteiger partial charge is 0.355 e. The molecule has 3 heterocycles. The number of H-pyrrole nitrogens is 1. The first-order chi connectivity index (χ1) is 32.2. The molecule has 0 atom stereocenters. The van der Waals surface area contributed by atoms with Gasteiger partial charge in [-0.15, -0.1) is 0 Å². The van der Waals surface area contributed by atoms with Gasteiger partial charge >= 0.3 is 0 Å². The molecule has 0 bridgehead atoms. The van der Waals surface area contributed by atoms with Crippen molar-refractivity contribution in [1.29, 1.82) is 0 Å². The van der Waals surface area contributed by atoms with Crippen LogP contribution in [-0.4, -0.2) is 29.6 Å². The van der Waals surface area contributed by atoms with Crippen molar-refractivity contribution < 1.29 is 0 Å². The summed E-state index contributed by atoms with van der Waals surface area (Å²) in [7, 11) is 8.00. The number of hydrogen-bond donors (Lipinski definition) is 1.